The molecular formula is C32H32F3N3O4S. The zero-order valence-electron chi connectivity index (χ0n) is 23.8. The van der Waals surface area contributed by atoms with Gasteiger partial charge in [-0.3, -0.25) is 4.79 Å². The van der Waals surface area contributed by atoms with E-state index in [-0.39, 0.29) is 54.8 Å². The van der Waals surface area contributed by atoms with Crippen LogP contribution in [0.1, 0.15) is 45.5 Å². The number of anilines is 1. The number of carboxylic acid groups (broad SMARTS) is 1. The van der Waals surface area contributed by atoms with Gasteiger partial charge in [0.1, 0.15) is 33.1 Å². The Labute approximate surface area is 248 Å². The van der Waals surface area contributed by atoms with Crippen LogP contribution in [-0.2, 0) is 40.3 Å². The number of carboxylic acids is 1. The van der Waals surface area contributed by atoms with Crippen molar-refractivity contribution in [3.05, 3.63) is 112 Å². The van der Waals surface area contributed by atoms with Crippen molar-refractivity contribution in [1.82, 2.24) is 9.97 Å². The molecule has 0 bridgehead atoms. The first-order chi connectivity index (χ1) is 20.4. The van der Waals surface area contributed by atoms with E-state index in [9.17, 15) is 22.0 Å². The zero-order chi connectivity index (χ0) is 31.3. The fraction of sp³-hybridized carbons (Fsp3) is 0.250. The predicted molar refractivity (Wildman–Crippen MR) is 161 cm³/mol. The topological polar surface area (TPSA) is 112 Å². The highest BCUT2D eigenvalue weighted by Gasteiger charge is 2.20. The van der Waals surface area contributed by atoms with Gasteiger partial charge in [0.2, 0.25) is 0 Å². The Bertz CT molecular complexity index is 1780. The van der Waals surface area contributed by atoms with Gasteiger partial charge in [-0.2, -0.15) is 0 Å². The van der Waals surface area contributed by atoms with E-state index in [1.807, 2.05) is 0 Å². The maximum absolute atomic E-state index is 15.4. The Morgan fingerprint density at radius 1 is 1.05 bits per heavy atom. The summed E-state index contributed by atoms with van der Waals surface area (Å²) in [6.07, 6.45) is 4.27. The number of carbonyl (C=O) groups is 1. The molecule has 1 heterocycles. The number of nitrogens with one attached hydrogen (secondary N) is 2. The molecular weight excluding hydrogens is 579 g/mol. The summed E-state index contributed by atoms with van der Waals surface area (Å²) in [5.41, 5.74) is 3.72. The number of nitrogens with zero attached hydrogens (tertiary/aromatic N) is 1. The van der Waals surface area contributed by atoms with Crippen molar-refractivity contribution in [2.24, 2.45) is 0 Å². The fourth-order valence-corrected chi connectivity index (χ4v) is 5.60. The SMILES string of the molecule is C=Cc1c(NC)cc(F)c(Cc2ccc(F)c(-c3ncc(Cc4cccc(CCC(=O)O)c4F)[nH]3)c2)c1CCS(C)(=O)=O. The molecule has 0 fully saturated rings. The first-order valence-electron chi connectivity index (χ1n) is 13.5. The van der Waals surface area contributed by atoms with Gasteiger partial charge in [0.25, 0.3) is 0 Å². The number of halogens is 3. The smallest absolute Gasteiger partial charge is 0.303 e. The minimum absolute atomic E-state index is 0.0593. The number of benzene rings is 3. The second-order valence-electron chi connectivity index (χ2n) is 10.3. The van der Waals surface area contributed by atoms with Crippen LogP contribution in [-0.4, -0.2) is 48.5 Å². The molecule has 0 aliphatic carbocycles. The van der Waals surface area contributed by atoms with Crippen LogP contribution in [0.3, 0.4) is 0 Å². The molecule has 0 unspecified atom stereocenters. The summed E-state index contributed by atoms with van der Waals surface area (Å²) in [7, 11) is -1.70. The molecule has 0 saturated carbocycles. The number of hydrogen-bond acceptors (Lipinski definition) is 5. The van der Waals surface area contributed by atoms with Gasteiger partial charge in [0.15, 0.2) is 0 Å². The summed E-state index contributed by atoms with van der Waals surface area (Å²) < 4.78 is 69.2. The lowest BCUT2D eigenvalue weighted by Gasteiger charge is -2.18. The number of hydrogen-bond donors (Lipinski definition) is 3. The van der Waals surface area contributed by atoms with Gasteiger partial charge in [-0.15, -0.1) is 0 Å². The second-order valence-corrected chi connectivity index (χ2v) is 12.6. The minimum Gasteiger partial charge on any atom is -0.481 e. The molecule has 43 heavy (non-hydrogen) atoms. The van der Waals surface area contributed by atoms with Crippen LogP contribution in [0, 0.1) is 17.5 Å². The third-order valence-electron chi connectivity index (χ3n) is 7.18. The Balaban J connectivity index is 1.64. The molecule has 3 N–H and O–H groups in total. The molecule has 0 amide bonds. The van der Waals surface area contributed by atoms with E-state index in [1.54, 1.807) is 37.4 Å². The molecule has 0 spiro atoms. The Morgan fingerprint density at radius 3 is 2.47 bits per heavy atom. The summed E-state index contributed by atoms with van der Waals surface area (Å²) in [5.74, 6) is -2.59. The van der Waals surface area contributed by atoms with Gasteiger partial charge in [0.05, 0.1) is 11.3 Å². The predicted octanol–water partition coefficient (Wildman–Crippen LogP) is 5.96. The monoisotopic (exact) mass is 611 g/mol. The first-order valence-corrected chi connectivity index (χ1v) is 15.6. The maximum Gasteiger partial charge on any atom is 0.303 e. The molecule has 226 valence electrons. The van der Waals surface area contributed by atoms with Crippen molar-refractivity contribution >= 4 is 27.6 Å². The van der Waals surface area contributed by atoms with Crippen molar-refractivity contribution in [1.29, 1.82) is 0 Å². The van der Waals surface area contributed by atoms with Gasteiger partial charge < -0.3 is 15.4 Å². The normalized spacial score (nSPS) is 11.5. The third-order valence-corrected chi connectivity index (χ3v) is 8.12. The lowest BCUT2D eigenvalue weighted by molar-refractivity contribution is -0.136. The minimum atomic E-state index is -3.34. The van der Waals surface area contributed by atoms with E-state index < -0.39 is 33.3 Å². The number of H-pyrrole nitrogens is 1. The summed E-state index contributed by atoms with van der Waals surface area (Å²) in [6.45, 7) is 3.83. The van der Waals surface area contributed by atoms with Crippen molar-refractivity contribution < 1.29 is 31.5 Å². The number of aliphatic carboxylic acids is 1. The summed E-state index contributed by atoms with van der Waals surface area (Å²) >= 11 is 0. The zero-order valence-corrected chi connectivity index (χ0v) is 24.6. The van der Waals surface area contributed by atoms with Crippen LogP contribution in [0.2, 0.25) is 0 Å². The fourth-order valence-electron chi connectivity index (χ4n) is 5.03. The van der Waals surface area contributed by atoms with Crippen molar-refractivity contribution in [2.45, 2.75) is 32.1 Å². The van der Waals surface area contributed by atoms with Gasteiger partial charge in [0, 0.05) is 55.7 Å². The van der Waals surface area contributed by atoms with Crippen molar-refractivity contribution in [3.8, 4) is 11.4 Å². The van der Waals surface area contributed by atoms with Crippen LogP contribution in [0.15, 0.2) is 55.2 Å². The van der Waals surface area contributed by atoms with Crippen LogP contribution in [0.5, 0.6) is 0 Å². The number of sulfone groups is 1. The Kier molecular flexibility index (Phi) is 9.75. The Morgan fingerprint density at radius 2 is 1.79 bits per heavy atom. The molecule has 0 aliphatic rings. The van der Waals surface area contributed by atoms with Crippen LogP contribution in [0.25, 0.3) is 17.5 Å². The molecule has 0 saturated heterocycles. The van der Waals surface area contributed by atoms with E-state index >= 15 is 4.39 Å². The molecule has 11 heteroatoms. The molecule has 7 nitrogen and oxygen atoms in total. The number of imidazole rings is 1. The van der Waals surface area contributed by atoms with E-state index in [0.29, 0.717) is 39.2 Å². The second kappa shape index (κ2) is 13.3. The summed E-state index contributed by atoms with van der Waals surface area (Å²) in [5, 5.41) is 11.8. The highest BCUT2D eigenvalue weighted by atomic mass is 32.2. The molecule has 3 aromatic carbocycles. The number of aromatic amines is 1. The molecule has 0 aliphatic heterocycles. The van der Waals surface area contributed by atoms with E-state index in [4.69, 9.17) is 5.11 Å². The van der Waals surface area contributed by atoms with E-state index in [0.717, 1.165) is 6.26 Å². The molecule has 1 aromatic heterocycles. The summed E-state index contributed by atoms with van der Waals surface area (Å²) in [4.78, 5) is 18.2. The van der Waals surface area contributed by atoms with E-state index in [2.05, 4.69) is 21.9 Å². The lowest BCUT2D eigenvalue weighted by Crippen LogP contribution is -2.12. The van der Waals surface area contributed by atoms with Gasteiger partial charge >= 0.3 is 5.97 Å². The summed E-state index contributed by atoms with van der Waals surface area (Å²) in [6, 6.07) is 10.4. The number of rotatable bonds is 13. The van der Waals surface area contributed by atoms with Crippen molar-refractivity contribution in [2.75, 3.05) is 24.4 Å². The third kappa shape index (κ3) is 7.72. The Hall–Kier alpha value is -4.38. The average Bonchev–Trinajstić information content (AvgIpc) is 3.42. The van der Waals surface area contributed by atoms with Crippen molar-refractivity contribution in [3.63, 3.8) is 0 Å². The largest absolute Gasteiger partial charge is 0.481 e. The highest BCUT2D eigenvalue weighted by Crippen LogP contribution is 2.31. The maximum atomic E-state index is 15.4. The number of aryl methyl sites for hydroxylation is 1. The molecule has 4 rings (SSSR count). The number of aromatic nitrogens is 2. The molecule has 0 radical (unpaired) electrons. The quantitative estimate of drug-likeness (QED) is 0.172. The van der Waals surface area contributed by atoms with Crippen LogP contribution in [0.4, 0.5) is 18.9 Å². The molecule has 0 atom stereocenters. The van der Waals surface area contributed by atoms with E-state index in [1.165, 1.54) is 24.4 Å². The highest BCUT2D eigenvalue weighted by molar-refractivity contribution is 7.90. The van der Waals surface area contributed by atoms with Crippen LogP contribution < -0.4 is 5.32 Å². The molecule has 4 aromatic rings. The first kappa shape index (κ1) is 31.6. The van der Waals surface area contributed by atoms with Gasteiger partial charge in [-0.1, -0.05) is 36.9 Å². The van der Waals surface area contributed by atoms with Crippen LogP contribution >= 0.6 is 0 Å². The lowest BCUT2D eigenvalue weighted by atomic mass is 9.91. The van der Waals surface area contributed by atoms with Gasteiger partial charge in [-0.25, -0.2) is 26.6 Å². The standard InChI is InChI=1S/C32H32F3N3O4S/c1-4-23-24(12-13-43(3,41)42)25(28(34)17-29(23)36-2)14-19-8-10-27(33)26(15-19)32-37-18-22(38-32)16-21-7-5-6-20(31(21)35)9-11-30(39)40/h4-8,10,15,17-18,36H,1,9,11-14,16H2,2-3H3,(H,37,38)(H,39,40). The average molecular weight is 612 g/mol. The van der Waals surface area contributed by atoms with Gasteiger partial charge in [-0.05, 0) is 58.9 Å².